The van der Waals surface area contributed by atoms with Crippen molar-refractivity contribution in [1.29, 1.82) is 5.26 Å². The predicted molar refractivity (Wildman–Crippen MR) is 99.8 cm³/mol. The van der Waals surface area contributed by atoms with Gasteiger partial charge in [-0.25, -0.2) is 9.59 Å². The van der Waals surface area contributed by atoms with E-state index >= 15 is 0 Å². The molecule has 0 bridgehead atoms. The van der Waals surface area contributed by atoms with E-state index in [0.29, 0.717) is 17.8 Å². The van der Waals surface area contributed by atoms with Crippen LogP contribution in [0.15, 0.2) is 47.3 Å². The lowest BCUT2D eigenvalue weighted by molar-refractivity contribution is 0.220. The summed E-state index contributed by atoms with van der Waals surface area (Å²) in [5.41, 5.74) is 3.59. The largest absolute Gasteiger partial charge is 0.328 e. The van der Waals surface area contributed by atoms with Gasteiger partial charge in [-0.1, -0.05) is 12.1 Å². The summed E-state index contributed by atoms with van der Waals surface area (Å²) in [7, 11) is 5.12. The van der Waals surface area contributed by atoms with Crippen molar-refractivity contribution < 1.29 is 4.79 Å². The lowest BCUT2D eigenvalue weighted by Gasteiger charge is -2.18. The molecule has 2 amide bonds. The Morgan fingerprint density at radius 2 is 1.77 bits per heavy atom. The fourth-order valence-corrected chi connectivity index (χ4v) is 2.83. The molecule has 26 heavy (non-hydrogen) atoms. The summed E-state index contributed by atoms with van der Waals surface area (Å²) in [6, 6.07) is 14.3. The molecule has 3 aromatic rings. The van der Waals surface area contributed by atoms with E-state index in [1.54, 1.807) is 59.4 Å². The number of carbonyl (C=O) groups excluding carboxylic acids is 1. The lowest BCUT2D eigenvalue weighted by atomic mass is 10.1. The van der Waals surface area contributed by atoms with Crippen LogP contribution in [0.2, 0.25) is 0 Å². The number of amides is 2. The monoisotopic (exact) mass is 349 g/mol. The molecule has 1 heterocycles. The minimum absolute atomic E-state index is 0.110. The van der Waals surface area contributed by atoms with Crippen molar-refractivity contribution in [2.75, 3.05) is 12.4 Å². The Balaban J connectivity index is 1.74. The first-order chi connectivity index (χ1) is 12.4. The van der Waals surface area contributed by atoms with Crippen LogP contribution in [-0.4, -0.2) is 27.1 Å². The Bertz CT molecular complexity index is 1070. The number of carbonyl (C=O) groups is 1. The van der Waals surface area contributed by atoms with Gasteiger partial charge < -0.3 is 10.2 Å². The molecule has 7 heteroatoms. The maximum absolute atomic E-state index is 12.4. The van der Waals surface area contributed by atoms with Gasteiger partial charge in [-0.15, -0.1) is 0 Å². The SMILES string of the molecule is CN(Cc1ccc(C#N)cc1)C(=O)Nc1ccc2c(c1)n(C)c(=O)n2C. The minimum Gasteiger partial charge on any atom is -0.323 e. The van der Waals surface area contributed by atoms with Gasteiger partial charge in [0.2, 0.25) is 0 Å². The summed E-state index contributed by atoms with van der Waals surface area (Å²) in [5, 5.41) is 11.7. The van der Waals surface area contributed by atoms with Crippen LogP contribution in [0.3, 0.4) is 0 Å². The van der Waals surface area contributed by atoms with E-state index in [9.17, 15) is 9.59 Å². The van der Waals surface area contributed by atoms with Crippen LogP contribution in [0.4, 0.5) is 10.5 Å². The fourth-order valence-electron chi connectivity index (χ4n) is 2.83. The highest BCUT2D eigenvalue weighted by Gasteiger charge is 2.12. The number of hydrogen-bond donors (Lipinski definition) is 1. The second-order valence-electron chi connectivity index (χ2n) is 6.20. The number of urea groups is 1. The van der Waals surface area contributed by atoms with Crippen molar-refractivity contribution in [2.24, 2.45) is 14.1 Å². The number of hydrogen-bond acceptors (Lipinski definition) is 3. The molecular formula is C19H19N5O2. The van der Waals surface area contributed by atoms with Gasteiger partial charge in [0, 0.05) is 33.4 Å². The summed E-state index contributed by atoms with van der Waals surface area (Å²) in [6.07, 6.45) is 0. The van der Waals surface area contributed by atoms with E-state index in [1.165, 1.54) is 0 Å². The number of fused-ring (bicyclic) bond motifs is 1. The number of rotatable bonds is 3. The molecular weight excluding hydrogens is 330 g/mol. The first kappa shape index (κ1) is 17.3. The Labute approximate surface area is 150 Å². The van der Waals surface area contributed by atoms with Crippen molar-refractivity contribution in [3.8, 4) is 6.07 Å². The number of nitrogens with one attached hydrogen (secondary N) is 1. The molecule has 1 N–H and O–H groups in total. The smallest absolute Gasteiger partial charge is 0.323 e. The normalized spacial score (nSPS) is 10.5. The average Bonchev–Trinajstić information content (AvgIpc) is 2.86. The number of anilines is 1. The maximum Gasteiger partial charge on any atom is 0.328 e. The van der Waals surface area contributed by atoms with Gasteiger partial charge in [0.05, 0.1) is 22.7 Å². The second-order valence-corrected chi connectivity index (χ2v) is 6.20. The van der Waals surface area contributed by atoms with E-state index in [0.717, 1.165) is 16.6 Å². The number of nitriles is 1. The van der Waals surface area contributed by atoms with Crippen LogP contribution in [0, 0.1) is 11.3 Å². The first-order valence-corrected chi connectivity index (χ1v) is 8.07. The van der Waals surface area contributed by atoms with E-state index in [4.69, 9.17) is 5.26 Å². The first-order valence-electron chi connectivity index (χ1n) is 8.07. The zero-order chi connectivity index (χ0) is 18.8. The summed E-state index contributed by atoms with van der Waals surface area (Å²) >= 11 is 0. The van der Waals surface area contributed by atoms with Gasteiger partial charge in [-0.3, -0.25) is 9.13 Å². The summed E-state index contributed by atoms with van der Waals surface area (Å²) in [5.74, 6) is 0. The number of nitrogens with zero attached hydrogens (tertiary/aromatic N) is 4. The molecule has 7 nitrogen and oxygen atoms in total. The number of aromatic nitrogens is 2. The van der Waals surface area contributed by atoms with Crippen molar-refractivity contribution >= 4 is 22.8 Å². The van der Waals surface area contributed by atoms with Crippen molar-refractivity contribution in [2.45, 2.75) is 6.54 Å². The molecule has 3 rings (SSSR count). The average molecular weight is 349 g/mol. The molecule has 0 atom stereocenters. The molecule has 1 aromatic heterocycles. The van der Waals surface area contributed by atoms with E-state index < -0.39 is 0 Å². The van der Waals surface area contributed by atoms with Crippen LogP contribution in [0.1, 0.15) is 11.1 Å². The molecule has 132 valence electrons. The molecule has 0 spiro atoms. The quantitative estimate of drug-likeness (QED) is 0.788. The van der Waals surface area contributed by atoms with Gasteiger partial charge in [0.1, 0.15) is 0 Å². The number of imidazole rings is 1. The maximum atomic E-state index is 12.4. The zero-order valence-electron chi connectivity index (χ0n) is 14.9. The molecule has 0 unspecified atom stereocenters. The summed E-state index contributed by atoms with van der Waals surface area (Å²) in [4.78, 5) is 26.0. The lowest BCUT2D eigenvalue weighted by Crippen LogP contribution is -2.30. The second kappa shape index (κ2) is 6.76. The van der Waals surface area contributed by atoms with Gasteiger partial charge >= 0.3 is 11.7 Å². The van der Waals surface area contributed by atoms with Crippen molar-refractivity contribution in [1.82, 2.24) is 14.0 Å². The summed E-state index contributed by atoms with van der Waals surface area (Å²) in [6.45, 7) is 0.420. The van der Waals surface area contributed by atoms with Gasteiger partial charge in [0.15, 0.2) is 0 Å². The van der Waals surface area contributed by atoms with E-state index in [-0.39, 0.29) is 11.7 Å². The van der Waals surface area contributed by atoms with Crippen molar-refractivity contribution in [3.63, 3.8) is 0 Å². The van der Waals surface area contributed by atoms with E-state index in [1.807, 2.05) is 18.2 Å². The molecule has 2 aromatic carbocycles. The van der Waals surface area contributed by atoms with E-state index in [2.05, 4.69) is 11.4 Å². The topological polar surface area (TPSA) is 83.1 Å². The molecule has 0 radical (unpaired) electrons. The Hall–Kier alpha value is -3.53. The van der Waals surface area contributed by atoms with Crippen LogP contribution in [0.25, 0.3) is 11.0 Å². The number of benzene rings is 2. The fraction of sp³-hybridized carbons (Fsp3) is 0.211. The van der Waals surface area contributed by atoms with Crippen LogP contribution in [-0.2, 0) is 20.6 Å². The Kier molecular flexibility index (Phi) is 4.50. The third-order valence-electron chi connectivity index (χ3n) is 4.37. The van der Waals surface area contributed by atoms with Gasteiger partial charge in [0.25, 0.3) is 0 Å². The molecule has 0 saturated carbocycles. The molecule has 0 saturated heterocycles. The third-order valence-corrected chi connectivity index (χ3v) is 4.37. The zero-order valence-corrected chi connectivity index (χ0v) is 14.9. The highest BCUT2D eigenvalue weighted by atomic mass is 16.2. The minimum atomic E-state index is -0.255. The number of aryl methyl sites for hydroxylation is 2. The molecule has 0 fully saturated rings. The van der Waals surface area contributed by atoms with Crippen LogP contribution >= 0.6 is 0 Å². The van der Waals surface area contributed by atoms with Crippen LogP contribution < -0.4 is 11.0 Å². The predicted octanol–water partition coefficient (Wildman–Crippen LogP) is 2.41. The van der Waals surface area contributed by atoms with Crippen molar-refractivity contribution in [3.05, 3.63) is 64.1 Å². The molecule has 0 aliphatic carbocycles. The van der Waals surface area contributed by atoms with Gasteiger partial charge in [-0.05, 0) is 35.9 Å². The van der Waals surface area contributed by atoms with Gasteiger partial charge in [-0.2, -0.15) is 5.26 Å². The summed E-state index contributed by atoms with van der Waals surface area (Å²) < 4.78 is 3.11. The van der Waals surface area contributed by atoms with Crippen LogP contribution in [0.5, 0.6) is 0 Å². The Morgan fingerprint density at radius 3 is 2.42 bits per heavy atom. The molecule has 0 aliphatic heterocycles. The Morgan fingerprint density at radius 1 is 1.12 bits per heavy atom. The third kappa shape index (κ3) is 3.17. The standard InChI is InChI=1S/C19H19N5O2/c1-22(12-14-6-4-13(11-20)5-7-14)18(25)21-15-8-9-16-17(10-15)24(3)19(26)23(16)2/h4-10H,12H2,1-3H3,(H,21,25). The highest BCUT2D eigenvalue weighted by molar-refractivity contribution is 5.92. The highest BCUT2D eigenvalue weighted by Crippen LogP contribution is 2.18. The molecule has 0 aliphatic rings.